The summed E-state index contributed by atoms with van der Waals surface area (Å²) in [6, 6.07) is 8.33. The minimum atomic E-state index is -0.455. The zero-order chi connectivity index (χ0) is 16.4. The van der Waals surface area contributed by atoms with E-state index in [1.54, 1.807) is 4.90 Å². The highest BCUT2D eigenvalue weighted by Crippen LogP contribution is 2.21. The van der Waals surface area contributed by atoms with Gasteiger partial charge in [-0.2, -0.15) is 0 Å². The third-order valence-corrected chi connectivity index (χ3v) is 3.89. The van der Waals surface area contributed by atoms with E-state index in [9.17, 15) is 4.79 Å². The average Bonchev–Trinajstić information content (AvgIpc) is 2.89. The fourth-order valence-corrected chi connectivity index (χ4v) is 2.82. The van der Waals surface area contributed by atoms with Gasteiger partial charge in [-0.1, -0.05) is 0 Å². The normalized spacial score (nSPS) is 14.5. The number of carbonyl (C=O) groups is 1. The van der Waals surface area contributed by atoms with Crippen molar-refractivity contribution in [3.63, 3.8) is 0 Å². The van der Waals surface area contributed by atoms with Crippen LogP contribution in [-0.4, -0.2) is 32.7 Å². The molecule has 2 aromatic rings. The van der Waals surface area contributed by atoms with Crippen molar-refractivity contribution in [2.45, 2.75) is 45.9 Å². The lowest BCUT2D eigenvalue weighted by Crippen LogP contribution is -2.41. The number of carbonyl (C=O) groups excluding carboxylic acids is 1. The first-order valence-electron chi connectivity index (χ1n) is 7.96. The van der Waals surface area contributed by atoms with E-state index >= 15 is 0 Å². The Morgan fingerprint density at radius 1 is 1.17 bits per heavy atom. The quantitative estimate of drug-likeness (QED) is 0.855. The molecule has 0 bridgehead atoms. The van der Waals surface area contributed by atoms with Gasteiger partial charge in [-0.05, 0) is 50.6 Å². The summed E-state index contributed by atoms with van der Waals surface area (Å²) in [5, 5.41) is 0. The molecule has 1 amide bonds. The lowest BCUT2D eigenvalue weighted by molar-refractivity contribution is 0.0198. The molecule has 0 aliphatic carbocycles. The molecule has 0 saturated heterocycles. The maximum absolute atomic E-state index is 12.2. The molecular formula is C18H23N3O2. The summed E-state index contributed by atoms with van der Waals surface area (Å²) < 4.78 is 7.77. The fraction of sp³-hybridized carbons (Fsp3) is 0.444. The number of nitrogens with zero attached hydrogens (tertiary/aromatic N) is 3. The van der Waals surface area contributed by atoms with Gasteiger partial charge in [0, 0.05) is 43.3 Å². The number of hydrogen-bond acceptors (Lipinski definition) is 3. The van der Waals surface area contributed by atoms with E-state index in [-0.39, 0.29) is 6.09 Å². The van der Waals surface area contributed by atoms with E-state index in [0.29, 0.717) is 13.1 Å². The molecule has 0 saturated carbocycles. The lowest BCUT2D eigenvalue weighted by Gasteiger charge is -2.31. The summed E-state index contributed by atoms with van der Waals surface area (Å²) in [6.45, 7) is 7.77. The average molecular weight is 313 g/mol. The molecule has 0 fully saturated rings. The number of rotatable bonds is 2. The Balaban J connectivity index is 1.70. The minimum Gasteiger partial charge on any atom is -0.444 e. The van der Waals surface area contributed by atoms with Gasteiger partial charge in [-0.15, -0.1) is 0 Å². The van der Waals surface area contributed by atoms with Crippen molar-refractivity contribution in [3.05, 3.63) is 53.6 Å². The van der Waals surface area contributed by atoms with Gasteiger partial charge in [0.15, 0.2) is 0 Å². The van der Waals surface area contributed by atoms with E-state index in [1.807, 2.05) is 45.3 Å². The van der Waals surface area contributed by atoms with E-state index in [2.05, 4.69) is 21.7 Å². The van der Waals surface area contributed by atoms with Gasteiger partial charge >= 0.3 is 6.09 Å². The van der Waals surface area contributed by atoms with Crippen LogP contribution in [0.5, 0.6) is 0 Å². The van der Waals surface area contributed by atoms with Crippen molar-refractivity contribution in [1.82, 2.24) is 14.5 Å². The first-order chi connectivity index (χ1) is 10.9. The van der Waals surface area contributed by atoms with Gasteiger partial charge in [0.2, 0.25) is 0 Å². The van der Waals surface area contributed by atoms with Crippen LogP contribution in [-0.2, 0) is 24.2 Å². The predicted octanol–water partition coefficient (Wildman–Crippen LogP) is 3.22. The number of amides is 1. The molecule has 1 aliphatic heterocycles. The van der Waals surface area contributed by atoms with Gasteiger partial charge in [0.25, 0.3) is 0 Å². The smallest absolute Gasteiger partial charge is 0.410 e. The maximum atomic E-state index is 12.2. The molecule has 0 N–H and O–H groups in total. The summed E-state index contributed by atoms with van der Waals surface area (Å²) in [4.78, 5) is 18.0. The fourth-order valence-electron chi connectivity index (χ4n) is 2.82. The van der Waals surface area contributed by atoms with E-state index in [1.165, 1.54) is 11.3 Å². The number of ether oxygens (including phenoxy) is 1. The van der Waals surface area contributed by atoms with Crippen LogP contribution in [0, 0.1) is 0 Å². The topological polar surface area (TPSA) is 47.4 Å². The second-order valence-electron chi connectivity index (χ2n) is 6.90. The van der Waals surface area contributed by atoms with E-state index in [4.69, 9.17) is 4.74 Å². The van der Waals surface area contributed by atoms with Crippen molar-refractivity contribution < 1.29 is 9.53 Å². The Hall–Kier alpha value is -2.30. The molecule has 5 heteroatoms. The van der Waals surface area contributed by atoms with Crippen LogP contribution in [0.3, 0.4) is 0 Å². The number of aromatic nitrogens is 2. The zero-order valence-corrected chi connectivity index (χ0v) is 14.0. The lowest BCUT2D eigenvalue weighted by atomic mass is 10.1. The first-order valence-corrected chi connectivity index (χ1v) is 7.96. The molecule has 0 spiro atoms. The molecule has 0 radical (unpaired) electrons. The van der Waals surface area contributed by atoms with Crippen molar-refractivity contribution in [3.8, 4) is 0 Å². The summed E-state index contributed by atoms with van der Waals surface area (Å²) >= 11 is 0. The minimum absolute atomic E-state index is 0.236. The SMILES string of the molecule is CC(C)(C)OC(=O)N1CCn2c(Cc3ccncc3)ccc2C1. The Morgan fingerprint density at radius 3 is 2.61 bits per heavy atom. The number of pyridine rings is 1. The predicted molar refractivity (Wildman–Crippen MR) is 88.1 cm³/mol. The van der Waals surface area contributed by atoms with Gasteiger partial charge in [0.05, 0.1) is 6.54 Å². The van der Waals surface area contributed by atoms with Crippen LogP contribution in [0.1, 0.15) is 37.7 Å². The van der Waals surface area contributed by atoms with Gasteiger partial charge < -0.3 is 14.2 Å². The van der Waals surface area contributed by atoms with Crippen LogP contribution in [0.4, 0.5) is 4.79 Å². The molecule has 0 unspecified atom stereocenters. The van der Waals surface area contributed by atoms with Crippen molar-refractivity contribution >= 4 is 6.09 Å². The largest absolute Gasteiger partial charge is 0.444 e. The van der Waals surface area contributed by atoms with E-state index in [0.717, 1.165) is 18.7 Å². The van der Waals surface area contributed by atoms with Crippen molar-refractivity contribution in [1.29, 1.82) is 0 Å². The van der Waals surface area contributed by atoms with Crippen molar-refractivity contribution in [2.75, 3.05) is 6.54 Å². The Morgan fingerprint density at radius 2 is 1.91 bits per heavy atom. The monoisotopic (exact) mass is 313 g/mol. The molecule has 2 aromatic heterocycles. The molecule has 3 rings (SSSR count). The molecule has 23 heavy (non-hydrogen) atoms. The molecule has 5 nitrogen and oxygen atoms in total. The van der Waals surface area contributed by atoms with Gasteiger partial charge in [-0.25, -0.2) is 4.79 Å². The Labute approximate surface area is 136 Å². The molecule has 1 aliphatic rings. The second kappa shape index (κ2) is 6.07. The maximum Gasteiger partial charge on any atom is 0.410 e. The molecule has 3 heterocycles. The third-order valence-electron chi connectivity index (χ3n) is 3.89. The highest BCUT2D eigenvalue weighted by molar-refractivity contribution is 5.68. The van der Waals surface area contributed by atoms with Crippen LogP contribution in [0.25, 0.3) is 0 Å². The zero-order valence-electron chi connectivity index (χ0n) is 14.0. The van der Waals surface area contributed by atoms with Crippen LogP contribution >= 0.6 is 0 Å². The standard InChI is InChI=1S/C18H23N3O2/c1-18(2,3)23-17(22)20-10-11-21-15(4-5-16(21)13-20)12-14-6-8-19-9-7-14/h4-9H,10-13H2,1-3H3. The number of fused-ring (bicyclic) bond motifs is 1. The first kappa shape index (κ1) is 15.6. The molecule has 0 atom stereocenters. The highest BCUT2D eigenvalue weighted by Gasteiger charge is 2.26. The van der Waals surface area contributed by atoms with Crippen LogP contribution in [0.15, 0.2) is 36.7 Å². The summed E-state index contributed by atoms with van der Waals surface area (Å²) in [5.41, 5.74) is 3.22. The van der Waals surface area contributed by atoms with Gasteiger partial charge in [0.1, 0.15) is 5.60 Å². The number of hydrogen-bond donors (Lipinski definition) is 0. The van der Waals surface area contributed by atoms with Crippen LogP contribution < -0.4 is 0 Å². The molecule has 122 valence electrons. The Kier molecular flexibility index (Phi) is 4.11. The summed E-state index contributed by atoms with van der Waals surface area (Å²) in [6.07, 6.45) is 4.29. The van der Waals surface area contributed by atoms with Gasteiger partial charge in [-0.3, -0.25) is 4.98 Å². The Bertz CT molecular complexity index is 686. The molecular weight excluding hydrogens is 290 g/mol. The third kappa shape index (κ3) is 3.73. The summed E-state index contributed by atoms with van der Waals surface area (Å²) in [5.74, 6) is 0. The second-order valence-corrected chi connectivity index (χ2v) is 6.90. The molecule has 0 aromatic carbocycles. The van der Waals surface area contributed by atoms with E-state index < -0.39 is 5.60 Å². The highest BCUT2D eigenvalue weighted by atomic mass is 16.6. The van der Waals surface area contributed by atoms with Crippen molar-refractivity contribution in [2.24, 2.45) is 0 Å². The summed E-state index contributed by atoms with van der Waals surface area (Å²) in [7, 11) is 0. The van der Waals surface area contributed by atoms with Crippen LogP contribution in [0.2, 0.25) is 0 Å².